The highest BCUT2D eigenvalue weighted by molar-refractivity contribution is 5.91. The fraction of sp³-hybridized carbons (Fsp3) is 0.294. The summed E-state index contributed by atoms with van der Waals surface area (Å²) in [6.07, 6.45) is 6.63. The first-order chi connectivity index (χ1) is 11.5. The number of likely N-dealkylation sites (N-methyl/N-ethyl adjacent to an activating group) is 1. The van der Waals surface area contributed by atoms with Crippen LogP contribution in [0.5, 0.6) is 5.75 Å². The molecule has 1 aliphatic heterocycles. The van der Waals surface area contributed by atoms with Crippen LogP contribution in [-0.2, 0) is 29.7 Å². The van der Waals surface area contributed by atoms with Crippen molar-refractivity contribution in [3.05, 3.63) is 53.1 Å². The third kappa shape index (κ3) is 3.62. The van der Waals surface area contributed by atoms with Gasteiger partial charge in [-0.25, -0.2) is 4.39 Å². The van der Waals surface area contributed by atoms with Crippen molar-refractivity contribution in [3.63, 3.8) is 0 Å². The van der Waals surface area contributed by atoms with Crippen LogP contribution in [0.2, 0.25) is 0 Å². The van der Waals surface area contributed by atoms with Crippen LogP contribution in [-0.4, -0.2) is 34.4 Å². The van der Waals surface area contributed by atoms with Gasteiger partial charge < -0.3 is 14.4 Å². The van der Waals surface area contributed by atoms with Crippen molar-refractivity contribution in [2.75, 3.05) is 13.8 Å². The van der Waals surface area contributed by atoms with Gasteiger partial charge in [0.2, 0.25) is 5.91 Å². The first-order valence-electron chi connectivity index (χ1n) is 7.46. The predicted molar refractivity (Wildman–Crippen MR) is 85.4 cm³/mol. The quantitative estimate of drug-likeness (QED) is 0.805. The lowest BCUT2D eigenvalue weighted by Gasteiger charge is -2.23. The Morgan fingerprint density at radius 1 is 1.50 bits per heavy atom. The largest absolute Gasteiger partial charge is 0.467 e. The average Bonchev–Trinajstić information content (AvgIpc) is 2.97. The number of fused-ring (bicyclic) bond motifs is 1. The summed E-state index contributed by atoms with van der Waals surface area (Å²) < 4.78 is 26.0. The van der Waals surface area contributed by atoms with Crippen LogP contribution in [0.4, 0.5) is 4.39 Å². The van der Waals surface area contributed by atoms with E-state index in [9.17, 15) is 9.18 Å². The average molecular weight is 331 g/mol. The van der Waals surface area contributed by atoms with Gasteiger partial charge >= 0.3 is 0 Å². The minimum Gasteiger partial charge on any atom is -0.467 e. The lowest BCUT2D eigenvalue weighted by atomic mass is 10.1. The Hall–Kier alpha value is -2.67. The summed E-state index contributed by atoms with van der Waals surface area (Å²) in [6, 6.07) is 2.78. The minimum absolute atomic E-state index is 0.129. The standard InChI is InChI=1S/C17H18FN3O3/c1-20(16(22)4-3-12-7-19-21(2)8-12)9-13-5-15(18)6-14-10-23-11-24-17(13)14/h3-8H,9-11H2,1-2H3. The summed E-state index contributed by atoms with van der Waals surface area (Å²) in [5.74, 6) is 0.0343. The molecule has 0 unspecified atom stereocenters. The van der Waals surface area contributed by atoms with Crippen LogP contribution in [0.3, 0.4) is 0 Å². The maximum Gasteiger partial charge on any atom is 0.246 e. The molecule has 0 fully saturated rings. The van der Waals surface area contributed by atoms with Gasteiger partial charge in [-0.1, -0.05) is 0 Å². The SMILES string of the molecule is CN(Cc1cc(F)cc2c1OCOC2)C(=O)C=Cc1cnn(C)c1. The van der Waals surface area contributed by atoms with Gasteiger partial charge in [-0.2, -0.15) is 5.10 Å². The number of rotatable bonds is 4. The summed E-state index contributed by atoms with van der Waals surface area (Å²) in [6.45, 7) is 0.680. The topological polar surface area (TPSA) is 56.6 Å². The second kappa shape index (κ2) is 6.84. The van der Waals surface area contributed by atoms with Crippen molar-refractivity contribution in [2.24, 2.45) is 7.05 Å². The van der Waals surface area contributed by atoms with Crippen molar-refractivity contribution in [3.8, 4) is 5.75 Å². The molecule has 0 aliphatic carbocycles. The second-order valence-electron chi connectivity index (χ2n) is 5.64. The smallest absolute Gasteiger partial charge is 0.246 e. The van der Waals surface area contributed by atoms with E-state index in [2.05, 4.69) is 5.10 Å². The molecule has 0 spiro atoms. The number of aryl methyl sites for hydroxylation is 1. The van der Waals surface area contributed by atoms with E-state index in [0.717, 1.165) is 5.56 Å². The fourth-order valence-electron chi connectivity index (χ4n) is 2.53. The third-order valence-corrected chi connectivity index (χ3v) is 3.68. The molecular formula is C17H18FN3O3. The Bertz CT molecular complexity index is 785. The van der Waals surface area contributed by atoms with E-state index in [0.29, 0.717) is 23.5 Å². The van der Waals surface area contributed by atoms with Gasteiger partial charge in [0.1, 0.15) is 11.6 Å². The first kappa shape index (κ1) is 16.2. The van der Waals surface area contributed by atoms with Gasteiger partial charge in [0.15, 0.2) is 6.79 Å². The summed E-state index contributed by atoms with van der Waals surface area (Å²) in [4.78, 5) is 13.7. The number of halogens is 1. The number of benzene rings is 1. The number of hydrogen-bond acceptors (Lipinski definition) is 4. The van der Waals surface area contributed by atoms with E-state index in [-0.39, 0.29) is 25.1 Å². The molecule has 0 atom stereocenters. The number of aromatic nitrogens is 2. The predicted octanol–water partition coefficient (Wildman–Crippen LogP) is 2.10. The van der Waals surface area contributed by atoms with E-state index in [1.165, 1.54) is 23.1 Å². The van der Waals surface area contributed by atoms with Gasteiger partial charge in [-0.15, -0.1) is 0 Å². The number of nitrogens with zero attached hydrogens (tertiary/aromatic N) is 3. The number of amides is 1. The highest BCUT2D eigenvalue weighted by Crippen LogP contribution is 2.30. The Labute approximate surface area is 139 Å². The van der Waals surface area contributed by atoms with E-state index < -0.39 is 0 Å². The molecule has 6 nitrogen and oxygen atoms in total. The van der Waals surface area contributed by atoms with E-state index in [1.807, 2.05) is 7.05 Å². The van der Waals surface area contributed by atoms with Crippen molar-refractivity contribution in [2.45, 2.75) is 13.2 Å². The van der Waals surface area contributed by atoms with Crippen molar-refractivity contribution in [1.29, 1.82) is 0 Å². The molecule has 7 heteroatoms. The molecule has 126 valence electrons. The normalized spacial score (nSPS) is 13.6. The van der Waals surface area contributed by atoms with Gasteiger partial charge in [-0.05, 0) is 18.2 Å². The van der Waals surface area contributed by atoms with Gasteiger partial charge in [0.05, 0.1) is 12.8 Å². The van der Waals surface area contributed by atoms with Gasteiger partial charge in [-0.3, -0.25) is 9.48 Å². The zero-order valence-electron chi connectivity index (χ0n) is 13.5. The molecule has 0 N–H and O–H groups in total. The van der Waals surface area contributed by atoms with Gasteiger partial charge in [0, 0.05) is 49.6 Å². The lowest BCUT2D eigenvalue weighted by molar-refractivity contribution is -0.125. The van der Waals surface area contributed by atoms with Crippen LogP contribution < -0.4 is 4.74 Å². The maximum atomic E-state index is 13.7. The molecule has 0 bridgehead atoms. The van der Waals surface area contributed by atoms with Crippen LogP contribution in [0.25, 0.3) is 6.08 Å². The number of hydrogen-bond donors (Lipinski definition) is 0. The fourth-order valence-corrected chi connectivity index (χ4v) is 2.53. The molecule has 2 aromatic rings. The molecule has 2 heterocycles. The van der Waals surface area contributed by atoms with E-state index in [4.69, 9.17) is 9.47 Å². The lowest BCUT2D eigenvalue weighted by Crippen LogP contribution is -2.25. The molecule has 24 heavy (non-hydrogen) atoms. The summed E-state index contributed by atoms with van der Waals surface area (Å²) in [5, 5.41) is 4.04. The monoisotopic (exact) mass is 331 g/mol. The number of carbonyl (C=O) groups is 1. The number of carbonyl (C=O) groups excluding carboxylic acids is 1. The molecule has 1 aromatic heterocycles. The maximum absolute atomic E-state index is 13.7. The highest BCUT2D eigenvalue weighted by atomic mass is 19.1. The van der Waals surface area contributed by atoms with E-state index in [1.54, 1.807) is 30.2 Å². The molecule has 3 rings (SSSR count). The Balaban J connectivity index is 1.72. The van der Waals surface area contributed by atoms with Crippen molar-refractivity contribution >= 4 is 12.0 Å². The molecule has 0 radical (unpaired) electrons. The zero-order valence-corrected chi connectivity index (χ0v) is 13.5. The van der Waals surface area contributed by atoms with Crippen molar-refractivity contribution in [1.82, 2.24) is 14.7 Å². The van der Waals surface area contributed by atoms with Crippen LogP contribution in [0, 0.1) is 5.82 Å². The Morgan fingerprint density at radius 3 is 3.08 bits per heavy atom. The van der Waals surface area contributed by atoms with Gasteiger partial charge in [0.25, 0.3) is 0 Å². The van der Waals surface area contributed by atoms with Crippen LogP contribution in [0.15, 0.2) is 30.6 Å². The molecule has 1 aromatic carbocycles. The van der Waals surface area contributed by atoms with E-state index >= 15 is 0 Å². The highest BCUT2D eigenvalue weighted by Gasteiger charge is 2.19. The Morgan fingerprint density at radius 2 is 2.33 bits per heavy atom. The molecule has 1 amide bonds. The summed E-state index contributed by atoms with van der Waals surface area (Å²) in [5.41, 5.74) is 2.12. The Kier molecular flexibility index (Phi) is 4.61. The number of ether oxygens (including phenoxy) is 2. The van der Waals surface area contributed by atoms with Crippen LogP contribution in [0.1, 0.15) is 16.7 Å². The molecule has 0 saturated carbocycles. The van der Waals surface area contributed by atoms with Crippen molar-refractivity contribution < 1.29 is 18.7 Å². The third-order valence-electron chi connectivity index (χ3n) is 3.68. The molecule has 1 aliphatic rings. The van der Waals surface area contributed by atoms with Crippen LogP contribution >= 0.6 is 0 Å². The first-order valence-corrected chi connectivity index (χ1v) is 7.46. The zero-order chi connectivity index (χ0) is 17.1. The summed E-state index contributed by atoms with van der Waals surface area (Å²) >= 11 is 0. The molecular weight excluding hydrogens is 313 g/mol. The molecule has 0 saturated heterocycles. The minimum atomic E-state index is -0.371. The second-order valence-corrected chi connectivity index (χ2v) is 5.64. The summed E-state index contributed by atoms with van der Waals surface area (Å²) in [7, 11) is 3.47.